The van der Waals surface area contributed by atoms with Crippen LogP contribution in [-0.4, -0.2) is 27.1 Å². The summed E-state index contributed by atoms with van der Waals surface area (Å²) in [5, 5.41) is 14.4. The Hall–Kier alpha value is -2.19. The van der Waals surface area contributed by atoms with Gasteiger partial charge in [-0.2, -0.15) is 0 Å². The molecule has 0 bridgehead atoms. The summed E-state index contributed by atoms with van der Waals surface area (Å²) < 4.78 is 0. The van der Waals surface area contributed by atoms with E-state index in [1.165, 1.54) is 23.6 Å². The fourth-order valence-electron chi connectivity index (χ4n) is 1.63. The average Bonchev–Trinajstić information content (AvgIpc) is 2.64. The predicted octanol–water partition coefficient (Wildman–Crippen LogP) is 3.15. The van der Waals surface area contributed by atoms with Crippen molar-refractivity contribution in [3.05, 3.63) is 33.6 Å². The first-order chi connectivity index (χ1) is 9.88. The molecule has 2 aromatic heterocycles. The molecule has 2 aromatic rings. The van der Waals surface area contributed by atoms with Crippen LogP contribution in [0.5, 0.6) is 0 Å². The van der Waals surface area contributed by atoms with Gasteiger partial charge < -0.3 is 5.11 Å². The molecule has 2 heterocycles. The van der Waals surface area contributed by atoms with Crippen molar-refractivity contribution in [1.29, 1.82) is 0 Å². The quantitative estimate of drug-likeness (QED) is 0.751. The number of rotatable bonds is 3. The first-order valence-corrected chi connectivity index (χ1v) is 6.97. The Kier molecular flexibility index (Phi) is 4.39. The molecule has 21 heavy (non-hydrogen) atoms. The highest BCUT2D eigenvalue weighted by molar-refractivity contribution is 7.16. The molecule has 0 saturated heterocycles. The summed E-state index contributed by atoms with van der Waals surface area (Å²) in [7, 11) is 0. The van der Waals surface area contributed by atoms with E-state index < -0.39 is 12.0 Å². The summed E-state index contributed by atoms with van der Waals surface area (Å²) in [6, 6.07) is 0.864. The van der Waals surface area contributed by atoms with Gasteiger partial charge in [0.2, 0.25) is 5.28 Å². The van der Waals surface area contributed by atoms with E-state index >= 15 is 0 Å². The Morgan fingerprint density at radius 2 is 2.05 bits per heavy atom. The van der Waals surface area contributed by atoms with Crippen LogP contribution in [0.1, 0.15) is 20.8 Å². The van der Waals surface area contributed by atoms with Gasteiger partial charge in [-0.25, -0.2) is 19.6 Å². The zero-order chi connectivity index (χ0) is 15.6. The van der Waals surface area contributed by atoms with Gasteiger partial charge >= 0.3 is 12.0 Å². The molecule has 0 aliphatic carbocycles. The lowest BCUT2D eigenvalue weighted by molar-refractivity contribution is 0.0697. The van der Waals surface area contributed by atoms with Crippen molar-refractivity contribution in [3.63, 3.8) is 0 Å². The van der Waals surface area contributed by atoms with Crippen LogP contribution in [0.3, 0.4) is 0 Å². The maximum atomic E-state index is 11.9. The molecule has 2 amide bonds. The highest BCUT2D eigenvalue weighted by atomic mass is 35.5. The van der Waals surface area contributed by atoms with E-state index in [-0.39, 0.29) is 21.7 Å². The second-order valence-electron chi connectivity index (χ2n) is 4.08. The second kappa shape index (κ2) is 6.06. The minimum atomic E-state index is -1.09. The number of urea groups is 1. The van der Waals surface area contributed by atoms with Crippen molar-refractivity contribution in [2.24, 2.45) is 0 Å². The molecule has 2 rings (SSSR count). The number of aryl methyl sites for hydroxylation is 1. The lowest BCUT2D eigenvalue weighted by Crippen LogP contribution is -2.20. The zero-order valence-corrected chi connectivity index (χ0v) is 12.7. The van der Waals surface area contributed by atoms with Crippen LogP contribution in [0.25, 0.3) is 0 Å². The van der Waals surface area contributed by atoms with Crippen LogP contribution in [0, 0.1) is 13.8 Å². The number of hydrogen-bond acceptors (Lipinski definition) is 5. The summed E-state index contributed by atoms with van der Waals surface area (Å²) in [5.74, 6) is -0.869. The molecule has 0 aromatic carbocycles. The fourth-order valence-corrected chi connectivity index (χ4v) is 2.82. The molecule has 0 aliphatic heterocycles. The van der Waals surface area contributed by atoms with Gasteiger partial charge in [0.05, 0.1) is 5.56 Å². The van der Waals surface area contributed by atoms with Crippen molar-refractivity contribution in [3.8, 4) is 0 Å². The lowest BCUT2D eigenvalue weighted by atomic mass is 10.1. The summed E-state index contributed by atoms with van der Waals surface area (Å²) >= 11 is 6.81. The number of amides is 2. The summed E-state index contributed by atoms with van der Waals surface area (Å²) in [4.78, 5) is 31.4. The average molecular weight is 327 g/mol. The molecule has 0 fully saturated rings. The molecule has 3 N–H and O–H groups in total. The van der Waals surface area contributed by atoms with Crippen molar-refractivity contribution in [2.75, 3.05) is 10.6 Å². The normalized spacial score (nSPS) is 10.2. The van der Waals surface area contributed by atoms with Crippen molar-refractivity contribution in [2.45, 2.75) is 13.8 Å². The smallest absolute Gasteiger partial charge is 0.338 e. The van der Waals surface area contributed by atoms with Crippen LogP contribution in [0.2, 0.25) is 5.28 Å². The molecule has 0 saturated carbocycles. The standard InChI is InChI=1S/C12H11ClN4O3S/c1-5-6(2)21-9(8(5)10(18)19)17-12(20)16-7-3-4-14-11(13)15-7/h3-4H,1-2H3,(H,18,19)(H2,14,15,16,17,20). The van der Waals surface area contributed by atoms with E-state index in [1.807, 2.05) is 0 Å². The second-order valence-corrected chi connectivity index (χ2v) is 5.65. The van der Waals surface area contributed by atoms with E-state index in [4.69, 9.17) is 11.6 Å². The Morgan fingerprint density at radius 3 is 2.67 bits per heavy atom. The highest BCUT2D eigenvalue weighted by Crippen LogP contribution is 2.32. The highest BCUT2D eigenvalue weighted by Gasteiger charge is 2.20. The first-order valence-electron chi connectivity index (χ1n) is 5.78. The van der Waals surface area contributed by atoms with Gasteiger partial charge in [-0.15, -0.1) is 11.3 Å². The van der Waals surface area contributed by atoms with Crippen LogP contribution < -0.4 is 10.6 Å². The van der Waals surface area contributed by atoms with Gasteiger partial charge in [0.1, 0.15) is 10.8 Å². The number of nitrogens with one attached hydrogen (secondary N) is 2. The number of carbonyl (C=O) groups is 2. The topological polar surface area (TPSA) is 104 Å². The number of halogens is 1. The van der Waals surface area contributed by atoms with Gasteiger partial charge in [0.25, 0.3) is 0 Å². The van der Waals surface area contributed by atoms with Crippen LogP contribution in [0.4, 0.5) is 15.6 Å². The van der Waals surface area contributed by atoms with Crippen molar-refractivity contribution in [1.82, 2.24) is 9.97 Å². The predicted molar refractivity (Wildman–Crippen MR) is 80.4 cm³/mol. The van der Waals surface area contributed by atoms with Crippen molar-refractivity contribution < 1.29 is 14.7 Å². The monoisotopic (exact) mass is 326 g/mol. The van der Waals surface area contributed by atoms with Gasteiger partial charge in [0, 0.05) is 11.1 Å². The van der Waals surface area contributed by atoms with E-state index in [0.717, 1.165) is 4.88 Å². The SMILES string of the molecule is Cc1sc(NC(=O)Nc2ccnc(Cl)n2)c(C(=O)O)c1C. The number of hydrogen-bond donors (Lipinski definition) is 3. The minimum Gasteiger partial charge on any atom is -0.478 e. The zero-order valence-electron chi connectivity index (χ0n) is 11.1. The maximum Gasteiger partial charge on any atom is 0.338 e. The van der Waals surface area contributed by atoms with E-state index in [9.17, 15) is 14.7 Å². The maximum absolute atomic E-state index is 11.9. The Bertz CT molecular complexity index is 717. The van der Waals surface area contributed by atoms with Gasteiger partial charge in [-0.3, -0.25) is 10.6 Å². The first kappa shape index (κ1) is 15.2. The van der Waals surface area contributed by atoms with Gasteiger partial charge in [0.15, 0.2) is 0 Å². The van der Waals surface area contributed by atoms with Crippen LogP contribution in [-0.2, 0) is 0 Å². The molecular weight excluding hydrogens is 316 g/mol. The third-order valence-corrected chi connectivity index (χ3v) is 4.00. The molecule has 0 aliphatic rings. The number of thiophene rings is 1. The number of aromatic nitrogens is 2. The molecule has 9 heteroatoms. The fraction of sp³-hybridized carbons (Fsp3) is 0.167. The minimum absolute atomic E-state index is 0.00170. The molecule has 0 unspecified atom stereocenters. The number of nitrogens with zero attached hydrogens (tertiary/aromatic N) is 2. The summed E-state index contributed by atoms with van der Waals surface area (Å²) in [5.41, 5.74) is 0.723. The largest absolute Gasteiger partial charge is 0.478 e. The number of aromatic carboxylic acids is 1. The Balaban J connectivity index is 2.17. The van der Waals surface area contributed by atoms with Gasteiger partial charge in [-0.1, -0.05) is 0 Å². The third kappa shape index (κ3) is 3.47. The Labute approximate surface area is 129 Å². The number of carboxylic acid groups (broad SMARTS) is 1. The van der Waals surface area contributed by atoms with E-state index in [2.05, 4.69) is 20.6 Å². The summed E-state index contributed by atoms with van der Waals surface area (Å²) in [6.45, 7) is 3.49. The Morgan fingerprint density at radius 1 is 1.33 bits per heavy atom. The molecule has 7 nitrogen and oxygen atoms in total. The third-order valence-electron chi connectivity index (χ3n) is 2.69. The van der Waals surface area contributed by atoms with Crippen LogP contribution in [0.15, 0.2) is 12.3 Å². The van der Waals surface area contributed by atoms with Crippen molar-refractivity contribution >= 4 is 45.8 Å². The van der Waals surface area contributed by atoms with Crippen LogP contribution >= 0.6 is 22.9 Å². The van der Waals surface area contributed by atoms with E-state index in [1.54, 1.807) is 13.8 Å². The number of carbonyl (C=O) groups excluding carboxylic acids is 1. The molecule has 0 spiro atoms. The molecular formula is C12H11ClN4O3S. The summed E-state index contributed by atoms with van der Waals surface area (Å²) in [6.07, 6.45) is 1.40. The number of anilines is 2. The molecule has 0 radical (unpaired) electrons. The number of carboxylic acids is 1. The van der Waals surface area contributed by atoms with E-state index in [0.29, 0.717) is 5.56 Å². The molecule has 0 atom stereocenters. The van der Waals surface area contributed by atoms with Gasteiger partial charge in [-0.05, 0) is 37.1 Å². The molecule has 110 valence electrons. The lowest BCUT2D eigenvalue weighted by Gasteiger charge is -2.06.